The Bertz CT molecular complexity index is 296. The van der Waals surface area contributed by atoms with Crippen molar-refractivity contribution >= 4 is 27.3 Å². The first kappa shape index (κ1) is 12.9. The molecule has 0 spiro atoms. The molecule has 0 aliphatic rings. The third-order valence-electron chi connectivity index (χ3n) is 2.29. The highest BCUT2D eigenvalue weighted by atomic mass is 79.9. The van der Waals surface area contributed by atoms with Crippen molar-refractivity contribution in [3.05, 3.63) is 33.5 Å². The van der Waals surface area contributed by atoms with Crippen LogP contribution in [-0.2, 0) is 0 Å². The van der Waals surface area contributed by atoms with Crippen LogP contribution in [0, 0.1) is 0 Å². The van der Waals surface area contributed by atoms with Gasteiger partial charge in [0.15, 0.2) is 0 Å². The Morgan fingerprint density at radius 2 is 2.40 bits per heavy atom. The van der Waals surface area contributed by atoms with Crippen LogP contribution in [0.1, 0.15) is 37.1 Å². The van der Waals surface area contributed by atoms with Crippen molar-refractivity contribution in [1.29, 1.82) is 0 Å². The molecule has 1 heterocycles. The van der Waals surface area contributed by atoms with Crippen molar-refractivity contribution < 1.29 is 0 Å². The second-order valence-corrected chi connectivity index (χ2v) is 5.97. The summed E-state index contributed by atoms with van der Waals surface area (Å²) in [7, 11) is 0. The quantitative estimate of drug-likeness (QED) is 0.574. The van der Waals surface area contributed by atoms with Crippen LogP contribution in [0.5, 0.6) is 0 Å². The van der Waals surface area contributed by atoms with E-state index in [4.69, 9.17) is 0 Å². The van der Waals surface area contributed by atoms with Gasteiger partial charge in [0, 0.05) is 10.9 Å². The standard InChI is InChI=1S/C12H18BrNS/c1-3-5-6-7-10(14-4-2)11-8-9-12(13)15-11/h3,8-10,14H,1,4-7H2,2H3. The fourth-order valence-electron chi connectivity index (χ4n) is 1.57. The van der Waals surface area contributed by atoms with Crippen LogP contribution in [0.4, 0.5) is 0 Å². The Balaban J connectivity index is 2.52. The fraction of sp³-hybridized carbons (Fsp3) is 0.500. The zero-order valence-electron chi connectivity index (χ0n) is 9.13. The molecule has 1 nitrogen and oxygen atoms in total. The summed E-state index contributed by atoms with van der Waals surface area (Å²) in [6.45, 7) is 6.93. The lowest BCUT2D eigenvalue weighted by Crippen LogP contribution is -2.19. The first-order valence-electron chi connectivity index (χ1n) is 5.37. The van der Waals surface area contributed by atoms with E-state index >= 15 is 0 Å². The van der Waals surface area contributed by atoms with E-state index < -0.39 is 0 Å². The van der Waals surface area contributed by atoms with Crippen molar-refractivity contribution in [1.82, 2.24) is 5.32 Å². The first-order valence-corrected chi connectivity index (χ1v) is 6.98. The van der Waals surface area contributed by atoms with E-state index in [0.717, 1.165) is 13.0 Å². The first-order chi connectivity index (χ1) is 7.27. The van der Waals surface area contributed by atoms with Crippen LogP contribution < -0.4 is 5.32 Å². The number of rotatable bonds is 7. The lowest BCUT2D eigenvalue weighted by atomic mass is 10.1. The monoisotopic (exact) mass is 287 g/mol. The minimum Gasteiger partial charge on any atom is -0.310 e. The average Bonchev–Trinajstić information content (AvgIpc) is 2.64. The minimum atomic E-state index is 0.506. The van der Waals surface area contributed by atoms with Gasteiger partial charge in [-0.25, -0.2) is 0 Å². The van der Waals surface area contributed by atoms with Crippen molar-refractivity contribution in [2.24, 2.45) is 0 Å². The third-order valence-corrected chi connectivity index (χ3v) is 4.03. The molecule has 0 saturated carbocycles. The number of halogens is 1. The van der Waals surface area contributed by atoms with E-state index in [0.29, 0.717) is 6.04 Å². The number of hydrogen-bond acceptors (Lipinski definition) is 2. The summed E-state index contributed by atoms with van der Waals surface area (Å²) in [4.78, 5) is 1.42. The van der Waals surface area contributed by atoms with Gasteiger partial charge in [0.2, 0.25) is 0 Å². The number of thiophene rings is 1. The molecule has 0 amide bonds. The van der Waals surface area contributed by atoms with Gasteiger partial charge in [-0.3, -0.25) is 0 Å². The molecule has 1 aromatic heterocycles. The topological polar surface area (TPSA) is 12.0 Å². The van der Waals surface area contributed by atoms with Gasteiger partial charge in [-0.1, -0.05) is 13.0 Å². The lowest BCUT2D eigenvalue weighted by Gasteiger charge is -2.15. The van der Waals surface area contributed by atoms with E-state index in [1.165, 1.54) is 21.5 Å². The summed E-state index contributed by atoms with van der Waals surface area (Å²) in [6, 6.07) is 4.83. The predicted octanol–water partition coefficient (Wildman–Crippen LogP) is 4.52. The minimum absolute atomic E-state index is 0.506. The maximum Gasteiger partial charge on any atom is 0.0701 e. The molecule has 0 radical (unpaired) electrons. The zero-order chi connectivity index (χ0) is 11.1. The molecule has 1 rings (SSSR count). The van der Waals surface area contributed by atoms with Gasteiger partial charge in [0.05, 0.1) is 3.79 Å². The highest BCUT2D eigenvalue weighted by Gasteiger charge is 2.11. The summed E-state index contributed by atoms with van der Waals surface area (Å²) >= 11 is 5.33. The van der Waals surface area contributed by atoms with E-state index in [2.05, 4.69) is 46.9 Å². The van der Waals surface area contributed by atoms with Gasteiger partial charge in [-0.2, -0.15) is 0 Å². The SMILES string of the molecule is C=CCCCC(NCC)c1ccc(Br)s1. The van der Waals surface area contributed by atoms with E-state index in [1.54, 1.807) is 0 Å². The Kier molecular flexibility index (Phi) is 6.22. The Morgan fingerprint density at radius 3 is 2.93 bits per heavy atom. The van der Waals surface area contributed by atoms with E-state index in [9.17, 15) is 0 Å². The van der Waals surface area contributed by atoms with E-state index in [-0.39, 0.29) is 0 Å². The van der Waals surface area contributed by atoms with Gasteiger partial charge in [0.1, 0.15) is 0 Å². The average molecular weight is 288 g/mol. The predicted molar refractivity (Wildman–Crippen MR) is 72.5 cm³/mol. The molecule has 1 aromatic rings. The van der Waals surface area contributed by atoms with Crippen molar-refractivity contribution in [3.63, 3.8) is 0 Å². The van der Waals surface area contributed by atoms with Crippen LogP contribution in [0.2, 0.25) is 0 Å². The molecule has 0 aliphatic carbocycles. The van der Waals surface area contributed by atoms with Crippen LogP contribution in [0.15, 0.2) is 28.6 Å². The summed E-state index contributed by atoms with van der Waals surface area (Å²) in [6.07, 6.45) is 5.49. The maximum absolute atomic E-state index is 3.76. The number of hydrogen-bond donors (Lipinski definition) is 1. The van der Waals surface area contributed by atoms with Gasteiger partial charge < -0.3 is 5.32 Å². The van der Waals surface area contributed by atoms with Crippen LogP contribution in [0.3, 0.4) is 0 Å². The van der Waals surface area contributed by atoms with Crippen LogP contribution in [0.25, 0.3) is 0 Å². The second kappa shape index (κ2) is 7.20. The van der Waals surface area contributed by atoms with Crippen molar-refractivity contribution in [2.75, 3.05) is 6.54 Å². The molecule has 0 saturated heterocycles. The van der Waals surface area contributed by atoms with Gasteiger partial charge in [-0.15, -0.1) is 17.9 Å². The molecule has 0 bridgehead atoms. The fourth-order valence-corrected chi connectivity index (χ4v) is 3.11. The zero-order valence-corrected chi connectivity index (χ0v) is 11.5. The largest absolute Gasteiger partial charge is 0.310 e. The highest BCUT2D eigenvalue weighted by molar-refractivity contribution is 9.11. The number of nitrogens with one attached hydrogen (secondary N) is 1. The van der Waals surface area contributed by atoms with Crippen molar-refractivity contribution in [3.8, 4) is 0 Å². The molecule has 0 fully saturated rings. The lowest BCUT2D eigenvalue weighted by molar-refractivity contribution is 0.507. The smallest absolute Gasteiger partial charge is 0.0701 e. The summed E-state index contributed by atoms with van der Waals surface area (Å²) < 4.78 is 1.21. The number of allylic oxidation sites excluding steroid dienone is 1. The highest BCUT2D eigenvalue weighted by Crippen LogP contribution is 2.29. The summed E-state index contributed by atoms with van der Waals surface area (Å²) in [5.74, 6) is 0. The molecule has 0 aromatic carbocycles. The Morgan fingerprint density at radius 1 is 1.60 bits per heavy atom. The summed E-state index contributed by atoms with van der Waals surface area (Å²) in [5.41, 5.74) is 0. The molecule has 3 heteroatoms. The normalized spacial score (nSPS) is 12.7. The molecule has 1 N–H and O–H groups in total. The van der Waals surface area contributed by atoms with Gasteiger partial charge >= 0.3 is 0 Å². The molecule has 84 valence electrons. The van der Waals surface area contributed by atoms with Gasteiger partial charge in [-0.05, 0) is 53.9 Å². The third kappa shape index (κ3) is 4.49. The van der Waals surface area contributed by atoms with E-state index in [1.807, 2.05) is 17.4 Å². The molecular formula is C12H18BrNS. The van der Waals surface area contributed by atoms with Gasteiger partial charge in [0.25, 0.3) is 0 Å². The second-order valence-electron chi connectivity index (χ2n) is 3.47. The van der Waals surface area contributed by atoms with Crippen LogP contribution >= 0.6 is 27.3 Å². The molecule has 15 heavy (non-hydrogen) atoms. The molecule has 1 unspecified atom stereocenters. The Hall–Kier alpha value is -0.120. The Labute approximate surface area is 105 Å². The summed E-state index contributed by atoms with van der Waals surface area (Å²) in [5, 5.41) is 3.53. The maximum atomic E-state index is 3.76. The van der Waals surface area contributed by atoms with Crippen molar-refractivity contribution in [2.45, 2.75) is 32.2 Å². The molecular weight excluding hydrogens is 270 g/mol. The molecule has 0 aliphatic heterocycles. The molecule has 1 atom stereocenters. The number of unbranched alkanes of at least 4 members (excludes halogenated alkanes) is 1. The van der Waals surface area contributed by atoms with Crippen LogP contribution in [-0.4, -0.2) is 6.54 Å².